The predicted octanol–water partition coefficient (Wildman–Crippen LogP) is 4.54. The number of carbonyl (C=O) groups is 2. The number of hydrogen-bond donors (Lipinski definition) is 0. The van der Waals surface area contributed by atoms with Gasteiger partial charge >= 0.3 is 0 Å². The average Bonchev–Trinajstić information content (AvgIpc) is 3.30. The van der Waals surface area contributed by atoms with Gasteiger partial charge in [0, 0.05) is 41.2 Å². The van der Waals surface area contributed by atoms with Gasteiger partial charge in [0.1, 0.15) is 0 Å². The molecular weight excluding hydrogens is 362 g/mol. The Hall–Kier alpha value is -3.21. The molecule has 0 radical (unpaired) electrons. The molecule has 1 saturated heterocycles. The molecule has 146 valence electrons. The van der Waals surface area contributed by atoms with Gasteiger partial charge < -0.3 is 4.90 Å². The molecule has 0 aromatic heterocycles. The Kier molecular flexibility index (Phi) is 4.31. The summed E-state index contributed by atoms with van der Waals surface area (Å²) in [6, 6.07) is 9.61. The van der Waals surface area contributed by atoms with Gasteiger partial charge in [-0.1, -0.05) is 36.4 Å². The minimum absolute atomic E-state index is 0.0225. The van der Waals surface area contributed by atoms with Crippen LogP contribution in [0.25, 0.3) is 10.8 Å². The van der Waals surface area contributed by atoms with E-state index in [9.17, 15) is 9.59 Å². The molecule has 29 heavy (non-hydrogen) atoms. The molecule has 3 aliphatic rings. The molecule has 1 aliphatic carbocycles. The van der Waals surface area contributed by atoms with Crippen molar-refractivity contribution in [3.63, 3.8) is 0 Å². The second-order valence-corrected chi connectivity index (χ2v) is 7.87. The van der Waals surface area contributed by atoms with Gasteiger partial charge in [-0.3, -0.25) is 9.59 Å². The summed E-state index contributed by atoms with van der Waals surface area (Å²) < 4.78 is 0. The first-order valence-electron chi connectivity index (χ1n) is 10.2. The van der Waals surface area contributed by atoms with Crippen LogP contribution in [0, 0.1) is 5.92 Å². The molecule has 2 aromatic carbocycles. The molecule has 0 saturated carbocycles. The first-order valence-corrected chi connectivity index (χ1v) is 10.2. The number of hydrogen-bond acceptors (Lipinski definition) is 4. The van der Waals surface area contributed by atoms with Gasteiger partial charge in [-0.05, 0) is 44.4 Å². The highest BCUT2D eigenvalue weighted by Crippen LogP contribution is 2.37. The fourth-order valence-electron chi connectivity index (χ4n) is 4.50. The number of allylic oxidation sites excluding steroid dienone is 4. The first-order chi connectivity index (χ1) is 14.1. The molecule has 2 aliphatic heterocycles. The third-order valence-electron chi connectivity index (χ3n) is 6.05. The van der Waals surface area contributed by atoms with Crippen LogP contribution in [0.5, 0.6) is 0 Å². The number of carbonyl (C=O) groups excluding carboxylic acids is 2. The lowest BCUT2D eigenvalue weighted by Gasteiger charge is -2.31. The number of imide groups is 1. The quantitative estimate of drug-likeness (QED) is 0.576. The van der Waals surface area contributed by atoms with Crippen molar-refractivity contribution in [2.75, 3.05) is 18.0 Å². The van der Waals surface area contributed by atoms with Gasteiger partial charge in [0.25, 0.3) is 11.8 Å². The van der Waals surface area contributed by atoms with Crippen molar-refractivity contribution >= 4 is 34.0 Å². The van der Waals surface area contributed by atoms with Crippen molar-refractivity contribution in [1.82, 2.24) is 5.01 Å². The highest BCUT2D eigenvalue weighted by Gasteiger charge is 2.34. The van der Waals surface area contributed by atoms with E-state index in [1.165, 1.54) is 19.3 Å². The van der Waals surface area contributed by atoms with Crippen LogP contribution in [0.4, 0.5) is 5.69 Å². The monoisotopic (exact) mass is 385 g/mol. The van der Waals surface area contributed by atoms with E-state index in [1.807, 2.05) is 55.5 Å². The SMILES string of the molecule is C/C(=N\N1C(=O)c2cccc3c(N4CCCCC4)ccc(c23)C1=O)C1C=CC=C1. The Morgan fingerprint density at radius 3 is 2.34 bits per heavy atom. The molecule has 2 aromatic rings. The zero-order valence-electron chi connectivity index (χ0n) is 16.5. The summed E-state index contributed by atoms with van der Waals surface area (Å²) in [5, 5.41) is 7.19. The summed E-state index contributed by atoms with van der Waals surface area (Å²) in [6.07, 6.45) is 11.5. The summed E-state index contributed by atoms with van der Waals surface area (Å²) in [4.78, 5) is 28.8. The third-order valence-corrected chi connectivity index (χ3v) is 6.05. The Balaban J connectivity index is 1.60. The van der Waals surface area contributed by atoms with Crippen LogP contribution in [0.2, 0.25) is 0 Å². The molecule has 0 spiro atoms. The van der Waals surface area contributed by atoms with Gasteiger partial charge in [0.2, 0.25) is 0 Å². The number of anilines is 1. The first kappa shape index (κ1) is 17.9. The maximum absolute atomic E-state index is 13.2. The maximum atomic E-state index is 13.2. The van der Waals surface area contributed by atoms with E-state index in [0.29, 0.717) is 11.1 Å². The Morgan fingerprint density at radius 1 is 0.931 bits per heavy atom. The van der Waals surface area contributed by atoms with E-state index in [2.05, 4.69) is 10.0 Å². The molecule has 0 bridgehead atoms. The van der Waals surface area contributed by atoms with Crippen LogP contribution in [-0.4, -0.2) is 35.6 Å². The van der Waals surface area contributed by atoms with Crippen molar-refractivity contribution in [2.24, 2.45) is 11.0 Å². The third kappa shape index (κ3) is 2.89. The molecule has 5 rings (SSSR count). The van der Waals surface area contributed by atoms with Gasteiger partial charge in [-0.25, -0.2) is 0 Å². The van der Waals surface area contributed by atoms with Gasteiger partial charge in [0.15, 0.2) is 0 Å². The van der Waals surface area contributed by atoms with E-state index in [-0.39, 0.29) is 17.7 Å². The summed E-state index contributed by atoms with van der Waals surface area (Å²) >= 11 is 0. The second kappa shape index (κ2) is 6.99. The number of nitrogens with zero attached hydrogens (tertiary/aromatic N) is 3. The van der Waals surface area contributed by atoms with Crippen LogP contribution in [-0.2, 0) is 0 Å². The molecule has 2 amide bonds. The molecule has 0 N–H and O–H groups in total. The minimum Gasteiger partial charge on any atom is -0.371 e. The number of piperidine rings is 1. The lowest BCUT2D eigenvalue weighted by molar-refractivity contribution is 0.0614. The van der Waals surface area contributed by atoms with E-state index in [4.69, 9.17) is 0 Å². The largest absolute Gasteiger partial charge is 0.371 e. The normalized spacial score (nSPS) is 19.7. The summed E-state index contributed by atoms with van der Waals surface area (Å²) in [5.74, 6) is -0.683. The molecular formula is C24H23N3O2. The van der Waals surface area contributed by atoms with E-state index in [1.54, 1.807) is 6.07 Å². The number of amides is 2. The molecule has 1 fully saturated rings. The summed E-state index contributed by atoms with van der Waals surface area (Å²) in [6.45, 7) is 3.87. The highest BCUT2D eigenvalue weighted by molar-refractivity contribution is 6.27. The van der Waals surface area contributed by atoms with Crippen molar-refractivity contribution in [3.05, 3.63) is 65.8 Å². The Bertz CT molecular complexity index is 1070. The Labute approximate surface area is 170 Å². The molecule has 2 heterocycles. The average molecular weight is 385 g/mol. The predicted molar refractivity (Wildman–Crippen MR) is 115 cm³/mol. The van der Waals surface area contributed by atoms with Crippen LogP contribution in [0.1, 0.15) is 46.9 Å². The van der Waals surface area contributed by atoms with Gasteiger partial charge in [-0.15, -0.1) is 0 Å². The fourth-order valence-corrected chi connectivity index (χ4v) is 4.50. The molecule has 5 heteroatoms. The summed E-state index contributed by atoms with van der Waals surface area (Å²) in [5.41, 5.74) is 2.92. The van der Waals surface area contributed by atoms with E-state index < -0.39 is 0 Å². The fraction of sp³-hybridized carbons (Fsp3) is 0.292. The number of benzene rings is 2. The topological polar surface area (TPSA) is 53.0 Å². The smallest absolute Gasteiger partial charge is 0.282 e. The van der Waals surface area contributed by atoms with Crippen molar-refractivity contribution in [3.8, 4) is 0 Å². The lowest BCUT2D eigenvalue weighted by Crippen LogP contribution is -2.37. The Morgan fingerprint density at radius 2 is 1.62 bits per heavy atom. The number of rotatable bonds is 3. The zero-order chi connectivity index (χ0) is 20.0. The standard InChI is InChI=1S/C24H23N3O2/c1-16(17-8-3-4-9-17)25-27-23(28)19-11-7-10-18-21(26-14-5-2-6-15-26)13-12-20(22(18)19)24(27)29/h3-4,7-13,17H,2,5-6,14-15H2,1H3/b25-16+. The van der Waals surface area contributed by atoms with E-state index >= 15 is 0 Å². The van der Waals surface area contributed by atoms with E-state index in [0.717, 1.165) is 40.3 Å². The molecule has 5 nitrogen and oxygen atoms in total. The molecule has 0 unspecified atom stereocenters. The summed E-state index contributed by atoms with van der Waals surface area (Å²) in [7, 11) is 0. The molecule has 0 atom stereocenters. The highest BCUT2D eigenvalue weighted by atomic mass is 16.2. The van der Waals surface area contributed by atoms with Crippen LogP contribution in [0.3, 0.4) is 0 Å². The van der Waals surface area contributed by atoms with Crippen LogP contribution >= 0.6 is 0 Å². The second-order valence-electron chi connectivity index (χ2n) is 7.87. The van der Waals surface area contributed by atoms with Crippen LogP contribution < -0.4 is 4.90 Å². The zero-order valence-corrected chi connectivity index (χ0v) is 16.5. The maximum Gasteiger partial charge on any atom is 0.282 e. The minimum atomic E-state index is -0.353. The number of hydrazone groups is 1. The van der Waals surface area contributed by atoms with Crippen molar-refractivity contribution in [1.29, 1.82) is 0 Å². The lowest BCUT2D eigenvalue weighted by atomic mass is 9.93. The van der Waals surface area contributed by atoms with Gasteiger partial charge in [0.05, 0.1) is 11.1 Å². The van der Waals surface area contributed by atoms with Crippen molar-refractivity contribution < 1.29 is 9.59 Å². The van der Waals surface area contributed by atoms with Crippen molar-refractivity contribution in [2.45, 2.75) is 26.2 Å². The van der Waals surface area contributed by atoms with Crippen LogP contribution in [0.15, 0.2) is 59.7 Å². The van der Waals surface area contributed by atoms with Gasteiger partial charge in [-0.2, -0.15) is 10.1 Å².